The number of aromatic nitrogens is 1. The standard InChI is InChI=1S/C17H23N3/c1-17(2,3)12-20-16-13(7-6-9-15(16)18)11-14-8-4-5-10-19-14/h4-10,20H,11-12,18H2,1-3H3. The van der Waals surface area contributed by atoms with Crippen LogP contribution in [0.15, 0.2) is 42.6 Å². The number of hydrogen-bond acceptors (Lipinski definition) is 3. The zero-order chi connectivity index (χ0) is 14.6. The summed E-state index contributed by atoms with van der Waals surface area (Å²) in [6.45, 7) is 7.50. The van der Waals surface area contributed by atoms with Gasteiger partial charge in [-0.05, 0) is 29.2 Å². The maximum atomic E-state index is 6.12. The average Bonchev–Trinajstić information content (AvgIpc) is 2.38. The van der Waals surface area contributed by atoms with Gasteiger partial charge in [-0.1, -0.05) is 39.0 Å². The van der Waals surface area contributed by atoms with Crippen LogP contribution in [0.5, 0.6) is 0 Å². The second-order valence-electron chi connectivity index (χ2n) is 6.29. The first-order chi connectivity index (χ1) is 9.46. The SMILES string of the molecule is CC(C)(C)CNc1c(N)cccc1Cc1ccccn1. The lowest BCUT2D eigenvalue weighted by Crippen LogP contribution is -2.20. The number of para-hydroxylation sites is 1. The van der Waals surface area contributed by atoms with E-state index in [4.69, 9.17) is 5.73 Å². The van der Waals surface area contributed by atoms with Gasteiger partial charge in [0, 0.05) is 24.9 Å². The average molecular weight is 269 g/mol. The van der Waals surface area contributed by atoms with Gasteiger partial charge in [-0.3, -0.25) is 4.98 Å². The molecule has 0 radical (unpaired) electrons. The van der Waals surface area contributed by atoms with Gasteiger partial charge in [0.15, 0.2) is 0 Å². The molecule has 106 valence electrons. The summed E-state index contributed by atoms with van der Waals surface area (Å²) in [7, 11) is 0. The van der Waals surface area contributed by atoms with Gasteiger partial charge in [0.25, 0.3) is 0 Å². The normalized spacial score (nSPS) is 11.3. The number of hydrogen-bond donors (Lipinski definition) is 2. The highest BCUT2D eigenvalue weighted by molar-refractivity contribution is 5.70. The van der Waals surface area contributed by atoms with Crippen LogP contribution in [-0.2, 0) is 6.42 Å². The van der Waals surface area contributed by atoms with E-state index in [1.54, 1.807) is 0 Å². The maximum Gasteiger partial charge on any atom is 0.0610 e. The summed E-state index contributed by atoms with van der Waals surface area (Å²) in [5.41, 5.74) is 10.4. The van der Waals surface area contributed by atoms with E-state index in [9.17, 15) is 0 Å². The van der Waals surface area contributed by atoms with Crippen molar-refractivity contribution in [1.82, 2.24) is 4.98 Å². The molecule has 0 aliphatic carbocycles. The second-order valence-corrected chi connectivity index (χ2v) is 6.29. The molecule has 1 aromatic heterocycles. The van der Waals surface area contributed by atoms with Crippen molar-refractivity contribution in [3.8, 4) is 0 Å². The predicted octanol–water partition coefficient (Wildman–Crippen LogP) is 3.71. The Hall–Kier alpha value is -2.03. The molecule has 3 heteroatoms. The minimum Gasteiger partial charge on any atom is -0.397 e. The van der Waals surface area contributed by atoms with Crippen molar-refractivity contribution in [2.45, 2.75) is 27.2 Å². The van der Waals surface area contributed by atoms with Gasteiger partial charge in [0.05, 0.1) is 11.4 Å². The van der Waals surface area contributed by atoms with Gasteiger partial charge < -0.3 is 11.1 Å². The number of anilines is 2. The number of nitrogens with zero attached hydrogens (tertiary/aromatic N) is 1. The first-order valence-electron chi connectivity index (χ1n) is 6.97. The smallest absolute Gasteiger partial charge is 0.0610 e. The number of nitrogens with two attached hydrogens (primary N) is 1. The second kappa shape index (κ2) is 5.95. The molecule has 20 heavy (non-hydrogen) atoms. The van der Waals surface area contributed by atoms with Crippen molar-refractivity contribution in [3.05, 3.63) is 53.9 Å². The Kier molecular flexibility index (Phi) is 4.28. The van der Waals surface area contributed by atoms with Gasteiger partial charge >= 0.3 is 0 Å². The molecule has 0 unspecified atom stereocenters. The number of nitrogens with one attached hydrogen (secondary N) is 1. The van der Waals surface area contributed by atoms with Crippen LogP contribution >= 0.6 is 0 Å². The molecule has 1 heterocycles. The molecule has 0 aliphatic rings. The molecule has 3 N–H and O–H groups in total. The maximum absolute atomic E-state index is 6.12. The fraction of sp³-hybridized carbons (Fsp3) is 0.353. The third-order valence-corrected chi connectivity index (χ3v) is 3.08. The molecule has 0 atom stereocenters. The van der Waals surface area contributed by atoms with Gasteiger partial charge in [-0.25, -0.2) is 0 Å². The molecule has 0 bridgehead atoms. The minimum absolute atomic E-state index is 0.213. The molecule has 0 fully saturated rings. The summed E-state index contributed by atoms with van der Waals surface area (Å²) >= 11 is 0. The third-order valence-electron chi connectivity index (χ3n) is 3.08. The first-order valence-corrected chi connectivity index (χ1v) is 6.97. The van der Waals surface area contributed by atoms with Crippen molar-refractivity contribution in [2.24, 2.45) is 5.41 Å². The van der Waals surface area contributed by atoms with Gasteiger partial charge in [0.2, 0.25) is 0 Å². The largest absolute Gasteiger partial charge is 0.397 e. The van der Waals surface area contributed by atoms with Crippen LogP contribution in [0.2, 0.25) is 0 Å². The summed E-state index contributed by atoms with van der Waals surface area (Å²) in [4.78, 5) is 4.39. The number of pyridine rings is 1. The monoisotopic (exact) mass is 269 g/mol. The Morgan fingerprint density at radius 3 is 2.55 bits per heavy atom. The van der Waals surface area contributed by atoms with Crippen molar-refractivity contribution in [1.29, 1.82) is 0 Å². The highest BCUT2D eigenvalue weighted by atomic mass is 14.9. The number of nitrogen functional groups attached to an aromatic ring is 1. The van der Waals surface area contributed by atoms with Crippen molar-refractivity contribution >= 4 is 11.4 Å². The molecule has 0 aliphatic heterocycles. The summed E-state index contributed by atoms with van der Waals surface area (Å²) in [5.74, 6) is 0. The quantitative estimate of drug-likeness (QED) is 0.832. The predicted molar refractivity (Wildman–Crippen MR) is 85.8 cm³/mol. The zero-order valence-electron chi connectivity index (χ0n) is 12.5. The van der Waals surface area contributed by atoms with Crippen LogP contribution < -0.4 is 11.1 Å². The number of benzene rings is 1. The van der Waals surface area contributed by atoms with Crippen LogP contribution in [0.25, 0.3) is 0 Å². The molecule has 1 aromatic carbocycles. The van der Waals surface area contributed by atoms with Crippen LogP contribution in [0.3, 0.4) is 0 Å². The summed E-state index contributed by atoms with van der Waals surface area (Å²) in [6, 6.07) is 12.0. The Balaban J connectivity index is 2.22. The molecule has 2 rings (SSSR count). The lowest BCUT2D eigenvalue weighted by molar-refractivity contribution is 0.443. The first kappa shape index (κ1) is 14.4. The molecular formula is C17H23N3. The Morgan fingerprint density at radius 2 is 1.90 bits per heavy atom. The highest BCUT2D eigenvalue weighted by Crippen LogP contribution is 2.27. The van der Waals surface area contributed by atoms with Crippen molar-refractivity contribution in [3.63, 3.8) is 0 Å². The molecule has 2 aromatic rings. The fourth-order valence-corrected chi connectivity index (χ4v) is 2.03. The topological polar surface area (TPSA) is 50.9 Å². The Morgan fingerprint density at radius 1 is 1.10 bits per heavy atom. The van der Waals surface area contributed by atoms with Gasteiger partial charge in [-0.2, -0.15) is 0 Å². The van der Waals surface area contributed by atoms with Gasteiger partial charge in [0.1, 0.15) is 0 Å². The minimum atomic E-state index is 0.213. The van der Waals surface area contributed by atoms with Crippen LogP contribution in [0, 0.1) is 5.41 Å². The summed E-state index contributed by atoms with van der Waals surface area (Å²) in [6.07, 6.45) is 2.61. The van der Waals surface area contributed by atoms with Crippen LogP contribution in [-0.4, -0.2) is 11.5 Å². The molecule has 0 amide bonds. The molecular weight excluding hydrogens is 246 g/mol. The number of rotatable bonds is 4. The van der Waals surface area contributed by atoms with E-state index in [-0.39, 0.29) is 5.41 Å². The fourth-order valence-electron chi connectivity index (χ4n) is 2.03. The Bertz CT molecular complexity index is 556. The van der Waals surface area contributed by atoms with Crippen LogP contribution in [0.1, 0.15) is 32.0 Å². The molecule has 0 saturated heterocycles. The van der Waals surface area contributed by atoms with E-state index in [0.717, 1.165) is 30.0 Å². The summed E-state index contributed by atoms with van der Waals surface area (Å²) < 4.78 is 0. The summed E-state index contributed by atoms with van der Waals surface area (Å²) in [5, 5.41) is 3.49. The Labute approximate surface area is 121 Å². The van der Waals surface area contributed by atoms with E-state index in [2.05, 4.69) is 37.1 Å². The van der Waals surface area contributed by atoms with Gasteiger partial charge in [-0.15, -0.1) is 0 Å². The van der Waals surface area contributed by atoms with E-state index in [1.807, 2.05) is 36.5 Å². The lowest BCUT2D eigenvalue weighted by atomic mass is 9.96. The van der Waals surface area contributed by atoms with E-state index >= 15 is 0 Å². The van der Waals surface area contributed by atoms with Crippen molar-refractivity contribution < 1.29 is 0 Å². The van der Waals surface area contributed by atoms with E-state index in [0.29, 0.717) is 0 Å². The van der Waals surface area contributed by atoms with E-state index < -0.39 is 0 Å². The molecule has 0 saturated carbocycles. The van der Waals surface area contributed by atoms with Crippen LogP contribution in [0.4, 0.5) is 11.4 Å². The zero-order valence-corrected chi connectivity index (χ0v) is 12.5. The third kappa shape index (κ3) is 3.98. The highest BCUT2D eigenvalue weighted by Gasteiger charge is 2.13. The lowest BCUT2D eigenvalue weighted by Gasteiger charge is -2.22. The molecule has 0 spiro atoms. The van der Waals surface area contributed by atoms with Crippen molar-refractivity contribution in [2.75, 3.05) is 17.6 Å². The molecule has 3 nitrogen and oxygen atoms in total. The van der Waals surface area contributed by atoms with E-state index in [1.165, 1.54) is 5.56 Å².